The molecule has 2 N–H and O–H groups in total. The summed E-state index contributed by atoms with van der Waals surface area (Å²) in [7, 11) is 3.49. The Morgan fingerprint density at radius 2 is 2.00 bits per heavy atom. The number of nitrogens with zero attached hydrogens (tertiary/aromatic N) is 1. The zero-order chi connectivity index (χ0) is 19.8. The van der Waals surface area contributed by atoms with Crippen LogP contribution in [-0.4, -0.2) is 38.1 Å². The highest BCUT2D eigenvalue weighted by Gasteiger charge is 2.14. The highest BCUT2D eigenvalue weighted by molar-refractivity contribution is 5.91. The van der Waals surface area contributed by atoms with Crippen LogP contribution >= 0.6 is 0 Å². The van der Waals surface area contributed by atoms with Crippen molar-refractivity contribution in [3.63, 3.8) is 0 Å². The number of benzene rings is 2. The molecular formula is C19H24N3O5+. The molecule has 0 radical (unpaired) electrons. The number of amides is 1. The third-order valence-electron chi connectivity index (χ3n) is 3.84. The van der Waals surface area contributed by atoms with Gasteiger partial charge in [-0.1, -0.05) is 6.07 Å². The first kappa shape index (κ1) is 20.2. The Hall–Kier alpha value is -3.13. The first-order valence-electron chi connectivity index (χ1n) is 8.58. The topological polar surface area (TPSA) is 95.1 Å². The Morgan fingerprint density at radius 1 is 1.22 bits per heavy atom. The summed E-state index contributed by atoms with van der Waals surface area (Å²) in [4.78, 5) is 23.5. The number of hydrogen-bond donors (Lipinski definition) is 2. The molecule has 0 aliphatic carbocycles. The van der Waals surface area contributed by atoms with E-state index in [4.69, 9.17) is 9.47 Å². The first-order valence-corrected chi connectivity index (χ1v) is 8.58. The molecule has 1 unspecified atom stereocenters. The van der Waals surface area contributed by atoms with Crippen LogP contribution in [0.5, 0.6) is 11.5 Å². The quantitative estimate of drug-likeness (QED) is 0.514. The van der Waals surface area contributed by atoms with Gasteiger partial charge in [-0.25, -0.2) is 0 Å². The molecule has 0 aliphatic rings. The lowest BCUT2D eigenvalue weighted by Crippen LogP contribution is -3.08. The number of likely N-dealkylation sites (N-methyl/N-ethyl adjacent to an activating group) is 1. The van der Waals surface area contributed by atoms with E-state index in [2.05, 4.69) is 5.32 Å². The van der Waals surface area contributed by atoms with Gasteiger partial charge in [-0.15, -0.1) is 0 Å². The van der Waals surface area contributed by atoms with Gasteiger partial charge in [0.25, 0.3) is 11.6 Å². The zero-order valence-electron chi connectivity index (χ0n) is 15.7. The van der Waals surface area contributed by atoms with E-state index in [-0.39, 0.29) is 18.1 Å². The Bertz CT molecular complexity index is 810. The Morgan fingerprint density at radius 3 is 2.67 bits per heavy atom. The zero-order valence-corrected chi connectivity index (χ0v) is 15.7. The molecule has 0 heterocycles. The summed E-state index contributed by atoms with van der Waals surface area (Å²) in [6.45, 7) is 3.30. The van der Waals surface area contributed by atoms with Crippen molar-refractivity contribution in [3.05, 3.63) is 58.1 Å². The van der Waals surface area contributed by atoms with Crippen LogP contribution in [0, 0.1) is 10.1 Å². The number of nitro groups is 1. The molecule has 0 aromatic heterocycles. The second-order valence-electron chi connectivity index (χ2n) is 6.08. The molecule has 0 aliphatic heterocycles. The number of non-ortho nitro benzene ring substituents is 1. The van der Waals surface area contributed by atoms with Crippen LogP contribution < -0.4 is 19.7 Å². The van der Waals surface area contributed by atoms with Crippen LogP contribution in [-0.2, 0) is 11.3 Å². The van der Waals surface area contributed by atoms with Gasteiger partial charge in [0, 0.05) is 23.4 Å². The number of carbonyl (C=O) groups excluding carboxylic acids is 1. The Labute approximate surface area is 157 Å². The number of hydrogen-bond acceptors (Lipinski definition) is 5. The van der Waals surface area contributed by atoms with Crippen LogP contribution in [0.4, 0.5) is 11.4 Å². The van der Waals surface area contributed by atoms with E-state index in [1.807, 2.05) is 32.2 Å². The number of ether oxygens (including phenoxy) is 2. The first-order chi connectivity index (χ1) is 12.9. The molecule has 1 atom stereocenters. The molecule has 0 bridgehead atoms. The highest BCUT2D eigenvalue weighted by atomic mass is 16.6. The normalized spacial score (nSPS) is 11.5. The molecule has 2 aromatic carbocycles. The monoisotopic (exact) mass is 374 g/mol. The largest absolute Gasteiger partial charge is 0.493 e. The molecule has 8 heteroatoms. The van der Waals surface area contributed by atoms with Crippen molar-refractivity contribution in [2.45, 2.75) is 13.5 Å². The molecule has 2 aromatic rings. The summed E-state index contributed by atoms with van der Waals surface area (Å²) in [5, 5.41) is 13.5. The lowest BCUT2D eigenvalue weighted by Gasteiger charge is -2.15. The van der Waals surface area contributed by atoms with E-state index in [0.717, 1.165) is 10.5 Å². The van der Waals surface area contributed by atoms with E-state index >= 15 is 0 Å². The van der Waals surface area contributed by atoms with Crippen LogP contribution in [0.15, 0.2) is 42.5 Å². The van der Waals surface area contributed by atoms with Crippen molar-refractivity contribution < 1.29 is 24.1 Å². The van der Waals surface area contributed by atoms with Gasteiger partial charge >= 0.3 is 0 Å². The average molecular weight is 374 g/mol. The molecule has 0 saturated carbocycles. The maximum Gasteiger partial charge on any atom is 0.279 e. The van der Waals surface area contributed by atoms with Gasteiger partial charge in [-0.2, -0.15) is 0 Å². The van der Waals surface area contributed by atoms with Gasteiger partial charge in [-0.05, 0) is 31.2 Å². The molecule has 8 nitrogen and oxygen atoms in total. The molecular weight excluding hydrogens is 350 g/mol. The fourth-order valence-corrected chi connectivity index (χ4v) is 2.68. The Balaban J connectivity index is 1.95. The van der Waals surface area contributed by atoms with Crippen LogP contribution in [0.25, 0.3) is 0 Å². The SMILES string of the molecule is CCOc1ccc(C[NH+](C)CC(=O)Nc2cccc([N+](=O)[O-])c2)cc1OC. The fourth-order valence-electron chi connectivity index (χ4n) is 2.68. The molecule has 0 fully saturated rings. The molecule has 2 rings (SSSR count). The third kappa shape index (κ3) is 5.96. The lowest BCUT2D eigenvalue weighted by molar-refractivity contribution is -0.885. The maximum absolute atomic E-state index is 12.2. The summed E-state index contributed by atoms with van der Waals surface area (Å²) in [6, 6.07) is 11.6. The second kappa shape index (κ2) is 9.54. The van der Waals surface area contributed by atoms with E-state index in [1.54, 1.807) is 13.2 Å². The summed E-state index contributed by atoms with van der Waals surface area (Å²) in [5.74, 6) is 1.12. The number of methoxy groups -OCH3 is 1. The lowest BCUT2D eigenvalue weighted by atomic mass is 10.2. The summed E-state index contributed by atoms with van der Waals surface area (Å²) in [5.41, 5.74) is 1.36. The third-order valence-corrected chi connectivity index (χ3v) is 3.84. The Kier molecular flexibility index (Phi) is 7.13. The van der Waals surface area contributed by atoms with Gasteiger partial charge in [0.1, 0.15) is 6.54 Å². The van der Waals surface area contributed by atoms with Gasteiger partial charge in [0.2, 0.25) is 0 Å². The van der Waals surface area contributed by atoms with Gasteiger partial charge in [0.15, 0.2) is 18.0 Å². The summed E-state index contributed by atoms with van der Waals surface area (Å²) >= 11 is 0. The minimum atomic E-state index is -0.494. The minimum absolute atomic E-state index is 0.0602. The number of nitro benzene ring substituents is 1. The van der Waals surface area contributed by atoms with E-state index in [0.29, 0.717) is 30.3 Å². The minimum Gasteiger partial charge on any atom is -0.493 e. The van der Waals surface area contributed by atoms with E-state index in [9.17, 15) is 14.9 Å². The number of anilines is 1. The number of quaternary nitrogens is 1. The van der Waals surface area contributed by atoms with Crippen LogP contribution in [0.2, 0.25) is 0 Å². The van der Waals surface area contributed by atoms with Gasteiger partial charge < -0.3 is 19.7 Å². The number of nitrogens with one attached hydrogen (secondary N) is 2. The summed E-state index contributed by atoms with van der Waals surface area (Å²) in [6.07, 6.45) is 0. The molecule has 1 amide bonds. The molecule has 144 valence electrons. The van der Waals surface area contributed by atoms with Crippen molar-refractivity contribution in [1.82, 2.24) is 0 Å². The number of carbonyl (C=O) groups is 1. The van der Waals surface area contributed by atoms with Gasteiger partial charge in [-0.3, -0.25) is 14.9 Å². The second-order valence-corrected chi connectivity index (χ2v) is 6.08. The van der Waals surface area contributed by atoms with Crippen LogP contribution in [0.1, 0.15) is 12.5 Å². The smallest absolute Gasteiger partial charge is 0.279 e. The molecule has 27 heavy (non-hydrogen) atoms. The molecule has 0 saturated heterocycles. The van der Waals surface area contributed by atoms with Crippen molar-refractivity contribution in [3.8, 4) is 11.5 Å². The standard InChI is InChI=1S/C19H23N3O5/c1-4-27-17-9-8-14(10-18(17)26-3)12-21(2)13-19(23)20-15-6-5-7-16(11-15)22(24)25/h5-11H,4,12-13H2,1-3H3,(H,20,23)/p+1. The predicted molar refractivity (Wildman–Crippen MR) is 101 cm³/mol. The van der Waals surface area contributed by atoms with Crippen molar-refractivity contribution in [2.75, 3.05) is 32.6 Å². The van der Waals surface area contributed by atoms with Crippen molar-refractivity contribution >= 4 is 17.3 Å². The average Bonchev–Trinajstić information content (AvgIpc) is 2.63. The fraction of sp³-hybridized carbons (Fsp3) is 0.316. The predicted octanol–water partition coefficient (Wildman–Crippen LogP) is 1.66. The maximum atomic E-state index is 12.2. The van der Waals surface area contributed by atoms with Gasteiger partial charge in [0.05, 0.1) is 25.7 Å². The van der Waals surface area contributed by atoms with Crippen molar-refractivity contribution in [1.29, 1.82) is 0 Å². The summed E-state index contributed by atoms with van der Waals surface area (Å²) < 4.78 is 10.8. The molecule has 0 spiro atoms. The number of rotatable bonds is 9. The highest BCUT2D eigenvalue weighted by Crippen LogP contribution is 2.27. The van der Waals surface area contributed by atoms with Crippen molar-refractivity contribution in [2.24, 2.45) is 0 Å². The van der Waals surface area contributed by atoms with E-state index in [1.165, 1.54) is 18.2 Å². The van der Waals surface area contributed by atoms with Crippen LogP contribution in [0.3, 0.4) is 0 Å². The van der Waals surface area contributed by atoms with E-state index < -0.39 is 4.92 Å².